The van der Waals surface area contributed by atoms with Gasteiger partial charge in [-0.1, -0.05) is 18.2 Å². The molecule has 0 aromatic heterocycles. The first-order chi connectivity index (χ1) is 7.94. The Morgan fingerprint density at radius 2 is 2.06 bits per heavy atom. The monoisotopic (exact) mass is 233 g/mol. The summed E-state index contributed by atoms with van der Waals surface area (Å²) in [5, 5.41) is 9.29. The van der Waals surface area contributed by atoms with Gasteiger partial charge in [0.25, 0.3) is 0 Å². The van der Waals surface area contributed by atoms with Crippen molar-refractivity contribution < 1.29 is 9.90 Å². The molecule has 2 rings (SSSR count). The van der Waals surface area contributed by atoms with Crippen LogP contribution in [0, 0.1) is 5.41 Å². The minimum Gasteiger partial charge on any atom is -0.481 e. The zero-order valence-electron chi connectivity index (χ0n) is 10.6. The Morgan fingerprint density at radius 1 is 1.41 bits per heavy atom. The largest absolute Gasteiger partial charge is 0.481 e. The fourth-order valence-corrected chi connectivity index (χ4v) is 2.33. The molecule has 1 unspecified atom stereocenters. The van der Waals surface area contributed by atoms with Crippen molar-refractivity contribution in [1.82, 2.24) is 0 Å². The molecule has 1 aromatic carbocycles. The van der Waals surface area contributed by atoms with Crippen molar-refractivity contribution in [2.24, 2.45) is 5.41 Å². The van der Waals surface area contributed by atoms with Gasteiger partial charge >= 0.3 is 5.97 Å². The molecule has 0 fully saturated rings. The molecule has 0 radical (unpaired) electrons. The Balaban J connectivity index is 2.29. The maximum absolute atomic E-state index is 11.3. The van der Waals surface area contributed by atoms with Gasteiger partial charge < -0.3 is 10.0 Å². The highest BCUT2D eigenvalue weighted by atomic mass is 16.4. The molecule has 1 N–H and O–H groups in total. The molecule has 3 heteroatoms. The molecular weight excluding hydrogens is 214 g/mol. The van der Waals surface area contributed by atoms with Crippen LogP contribution < -0.4 is 4.90 Å². The van der Waals surface area contributed by atoms with E-state index in [1.165, 1.54) is 11.3 Å². The summed E-state index contributed by atoms with van der Waals surface area (Å²) >= 11 is 0. The van der Waals surface area contributed by atoms with Crippen LogP contribution in [0.5, 0.6) is 0 Å². The summed E-state index contributed by atoms with van der Waals surface area (Å²) < 4.78 is 0. The van der Waals surface area contributed by atoms with Crippen molar-refractivity contribution >= 4 is 11.7 Å². The van der Waals surface area contributed by atoms with Crippen LogP contribution in [-0.2, 0) is 11.2 Å². The molecule has 0 amide bonds. The molecule has 0 aliphatic carbocycles. The number of fused-ring (bicyclic) bond motifs is 1. The number of nitrogens with zero attached hydrogens (tertiary/aromatic N) is 1. The highest BCUT2D eigenvalue weighted by Gasteiger charge is 2.39. The second-order valence-electron chi connectivity index (χ2n) is 5.27. The first kappa shape index (κ1) is 12.0. The standard InChI is InChI=1S/C14H19NO2/c1-10(14(2,3)13(16)17)15-9-8-11-6-4-5-7-12(11)15/h4-7,10H,8-9H2,1-3H3,(H,16,17). The van der Waals surface area contributed by atoms with Crippen molar-refractivity contribution in [3.05, 3.63) is 29.8 Å². The molecule has 17 heavy (non-hydrogen) atoms. The van der Waals surface area contributed by atoms with Crippen LogP contribution in [0.1, 0.15) is 26.3 Å². The second-order valence-corrected chi connectivity index (χ2v) is 5.27. The van der Waals surface area contributed by atoms with Gasteiger partial charge in [-0.05, 0) is 38.8 Å². The maximum Gasteiger partial charge on any atom is 0.311 e. The Morgan fingerprint density at radius 3 is 2.71 bits per heavy atom. The first-order valence-electron chi connectivity index (χ1n) is 6.02. The predicted octanol–water partition coefficient (Wildman–Crippen LogP) is 2.55. The molecule has 1 aliphatic heterocycles. The van der Waals surface area contributed by atoms with Crippen LogP contribution in [0.2, 0.25) is 0 Å². The van der Waals surface area contributed by atoms with E-state index in [2.05, 4.69) is 17.0 Å². The minimum atomic E-state index is -0.741. The molecule has 0 bridgehead atoms. The van der Waals surface area contributed by atoms with Gasteiger partial charge in [0.15, 0.2) is 0 Å². The number of anilines is 1. The van der Waals surface area contributed by atoms with E-state index >= 15 is 0 Å². The molecule has 0 saturated heterocycles. The van der Waals surface area contributed by atoms with Crippen molar-refractivity contribution in [2.75, 3.05) is 11.4 Å². The fourth-order valence-electron chi connectivity index (χ4n) is 2.33. The Labute approximate surface area is 102 Å². The van der Waals surface area contributed by atoms with Gasteiger partial charge in [-0.25, -0.2) is 0 Å². The molecule has 1 aromatic rings. The molecule has 92 valence electrons. The summed E-state index contributed by atoms with van der Waals surface area (Å²) in [7, 11) is 0. The van der Waals surface area contributed by atoms with Crippen molar-refractivity contribution in [3.8, 4) is 0 Å². The number of para-hydroxylation sites is 1. The summed E-state index contributed by atoms with van der Waals surface area (Å²) in [6.07, 6.45) is 1.01. The highest BCUT2D eigenvalue weighted by molar-refractivity contribution is 5.76. The fraction of sp³-hybridized carbons (Fsp3) is 0.500. The van der Waals surface area contributed by atoms with E-state index in [0.29, 0.717) is 0 Å². The molecule has 3 nitrogen and oxygen atoms in total. The van der Waals surface area contributed by atoms with Crippen molar-refractivity contribution in [2.45, 2.75) is 33.2 Å². The smallest absolute Gasteiger partial charge is 0.311 e. The zero-order chi connectivity index (χ0) is 12.6. The average molecular weight is 233 g/mol. The van der Waals surface area contributed by atoms with Crippen LogP contribution in [0.3, 0.4) is 0 Å². The topological polar surface area (TPSA) is 40.5 Å². The molecule has 1 aliphatic rings. The van der Waals surface area contributed by atoms with Gasteiger partial charge in [0.2, 0.25) is 0 Å². The SMILES string of the molecule is CC(N1CCc2ccccc21)C(C)(C)C(=O)O. The quantitative estimate of drug-likeness (QED) is 0.872. The van der Waals surface area contributed by atoms with Crippen molar-refractivity contribution in [3.63, 3.8) is 0 Å². The number of aliphatic carboxylic acids is 1. The highest BCUT2D eigenvalue weighted by Crippen LogP contribution is 2.35. The third-order valence-electron chi connectivity index (χ3n) is 3.99. The van der Waals surface area contributed by atoms with Gasteiger partial charge in [-0.3, -0.25) is 4.79 Å². The summed E-state index contributed by atoms with van der Waals surface area (Å²) in [4.78, 5) is 13.5. The lowest BCUT2D eigenvalue weighted by molar-refractivity contribution is -0.147. The summed E-state index contributed by atoms with van der Waals surface area (Å²) in [6.45, 7) is 6.50. The number of carboxylic acids is 1. The van der Waals surface area contributed by atoms with E-state index < -0.39 is 11.4 Å². The molecular formula is C14H19NO2. The lowest BCUT2D eigenvalue weighted by Crippen LogP contribution is -2.46. The normalized spacial score (nSPS) is 16.8. The molecule has 1 heterocycles. The number of carbonyl (C=O) groups is 1. The minimum absolute atomic E-state index is 0.0105. The van der Waals surface area contributed by atoms with E-state index in [-0.39, 0.29) is 6.04 Å². The third-order valence-corrected chi connectivity index (χ3v) is 3.99. The van der Waals surface area contributed by atoms with Crippen LogP contribution in [0.4, 0.5) is 5.69 Å². The average Bonchev–Trinajstić information content (AvgIpc) is 2.71. The zero-order valence-corrected chi connectivity index (χ0v) is 10.6. The molecule has 1 atom stereocenters. The molecule has 0 saturated carbocycles. The van der Waals surface area contributed by atoms with Gasteiger partial charge in [0.1, 0.15) is 0 Å². The van der Waals surface area contributed by atoms with Gasteiger partial charge in [-0.15, -0.1) is 0 Å². The maximum atomic E-state index is 11.3. The number of hydrogen-bond acceptors (Lipinski definition) is 2. The van der Waals surface area contributed by atoms with Crippen LogP contribution >= 0.6 is 0 Å². The van der Waals surface area contributed by atoms with E-state index in [0.717, 1.165) is 13.0 Å². The third kappa shape index (κ3) is 1.90. The Kier molecular flexibility index (Phi) is 2.86. The van der Waals surface area contributed by atoms with Gasteiger partial charge in [0, 0.05) is 18.3 Å². The number of rotatable bonds is 3. The van der Waals surface area contributed by atoms with Crippen LogP contribution in [0.25, 0.3) is 0 Å². The van der Waals surface area contributed by atoms with Crippen LogP contribution in [-0.4, -0.2) is 23.7 Å². The van der Waals surface area contributed by atoms with Crippen molar-refractivity contribution in [1.29, 1.82) is 0 Å². The van der Waals surface area contributed by atoms with E-state index in [1.54, 1.807) is 13.8 Å². The van der Waals surface area contributed by atoms with E-state index in [4.69, 9.17) is 0 Å². The summed E-state index contributed by atoms with van der Waals surface area (Å²) in [5.74, 6) is -0.741. The lowest BCUT2D eigenvalue weighted by atomic mass is 9.84. The molecule has 0 spiro atoms. The Hall–Kier alpha value is -1.51. The van der Waals surface area contributed by atoms with Crippen LogP contribution in [0.15, 0.2) is 24.3 Å². The first-order valence-corrected chi connectivity index (χ1v) is 6.02. The van der Waals surface area contributed by atoms with E-state index in [1.807, 2.05) is 19.1 Å². The summed E-state index contributed by atoms with van der Waals surface area (Å²) in [5.41, 5.74) is 1.77. The lowest BCUT2D eigenvalue weighted by Gasteiger charge is -2.36. The number of carboxylic acid groups (broad SMARTS) is 1. The Bertz CT molecular complexity index is 440. The predicted molar refractivity (Wildman–Crippen MR) is 68.4 cm³/mol. The summed E-state index contributed by atoms with van der Waals surface area (Å²) in [6, 6.07) is 8.24. The van der Waals surface area contributed by atoms with Gasteiger partial charge in [0.05, 0.1) is 5.41 Å². The number of hydrogen-bond donors (Lipinski definition) is 1. The van der Waals surface area contributed by atoms with Gasteiger partial charge in [-0.2, -0.15) is 0 Å². The number of benzene rings is 1. The second kappa shape index (κ2) is 4.06. The van der Waals surface area contributed by atoms with E-state index in [9.17, 15) is 9.90 Å².